The van der Waals surface area contributed by atoms with Crippen LogP contribution < -0.4 is 9.47 Å². The van der Waals surface area contributed by atoms with E-state index in [9.17, 15) is 4.79 Å². The van der Waals surface area contributed by atoms with Crippen LogP contribution in [0, 0.1) is 23.7 Å². The molecule has 2 saturated carbocycles. The molecule has 3 aliphatic rings. The molecule has 5 heteroatoms. The predicted molar refractivity (Wildman–Crippen MR) is 175 cm³/mol. The van der Waals surface area contributed by atoms with Gasteiger partial charge in [-0.2, -0.15) is 0 Å². The molecule has 3 fully saturated rings. The van der Waals surface area contributed by atoms with Crippen LogP contribution in [0.4, 0.5) is 4.79 Å². The Morgan fingerprint density at radius 3 is 1.79 bits per heavy atom. The number of epoxide rings is 1. The van der Waals surface area contributed by atoms with Crippen molar-refractivity contribution in [3.8, 4) is 11.5 Å². The fraction of sp³-hybridized carbons (Fsp3) is 0.816. The Balaban J connectivity index is 1.02. The van der Waals surface area contributed by atoms with Crippen molar-refractivity contribution in [2.75, 3.05) is 6.61 Å². The summed E-state index contributed by atoms with van der Waals surface area (Å²) in [7, 11) is 0. The van der Waals surface area contributed by atoms with Gasteiger partial charge in [0.15, 0.2) is 0 Å². The van der Waals surface area contributed by atoms with Gasteiger partial charge in [-0.1, -0.05) is 110 Å². The minimum Gasteiger partial charge on any atom is -0.494 e. The number of unbranched alkanes of at least 4 members (excludes halogenated alkanes) is 11. The molecule has 0 N–H and O–H groups in total. The van der Waals surface area contributed by atoms with Gasteiger partial charge < -0.3 is 18.9 Å². The third-order valence-corrected chi connectivity index (χ3v) is 10.5. The van der Waals surface area contributed by atoms with Crippen molar-refractivity contribution in [1.29, 1.82) is 0 Å². The summed E-state index contributed by atoms with van der Waals surface area (Å²) in [5, 5.41) is 0. The van der Waals surface area contributed by atoms with Crippen molar-refractivity contribution in [1.82, 2.24) is 0 Å². The topological polar surface area (TPSA) is 57.3 Å². The van der Waals surface area contributed by atoms with Gasteiger partial charge in [0, 0.05) is 0 Å². The average molecular weight is 599 g/mol. The van der Waals surface area contributed by atoms with Crippen LogP contribution in [0.3, 0.4) is 0 Å². The van der Waals surface area contributed by atoms with Gasteiger partial charge in [0.25, 0.3) is 0 Å². The highest BCUT2D eigenvalue weighted by Crippen LogP contribution is 2.46. The molecule has 1 saturated heterocycles. The molecule has 4 rings (SSSR count). The fourth-order valence-corrected chi connectivity index (χ4v) is 7.71. The van der Waals surface area contributed by atoms with Crippen LogP contribution in [-0.4, -0.2) is 25.2 Å². The van der Waals surface area contributed by atoms with E-state index in [0.717, 1.165) is 36.5 Å². The number of hydrogen-bond acceptors (Lipinski definition) is 5. The van der Waals surface area contributed by atoms with E-state index < -0.39 is 12.4 Å². The normalized spacial score (nSPS) is 27.0. The van der Waals surface area contributed by atoms with E-state index in [-0.39, 0.29) is 6.10 Å². The average Bonchev–Trinajstić information content (AvgIpc) is 3.80. The standard InChI is InChI=1S/C38H62O5/c1-3-5-7-9-10-11-13-15-29-40-34-25-27-35(28-26-34)41-38(39)43-37-36(42-37)33-23-21-32(22-24-33)31-19-17-30(18-20-31)16-14-12-8-6-4-2/h25-28,30-33,36-37H,3-24,29H2,1-2H3/t30-,31-,32?,33?,36-,37+/m0/s1. The highest BCUT2D eigenvalue weighted by Gasteiger charge is 2.49. The van der Waals surface area contributed by atoms with Crippen LogP contribution in [0.5, 0.6) is 11.5 Å². The highest BCUT2D eigenvalue weighted by atomic mass is 16.8. The van der Waals surface area contributed by atoms with Crippen LogP contribution in [0.1, 0.15) is 155 Å². The van der Waals surface area contributed by atoms with Gasteiger partial charge in [-0.25, -0.2) is 4.79 Å². The Bertz CT molecular complexity index is 869. The first-order chi connectivity index (χ1) is 21.2. The molecular weight excluding hydrogens is 536 g/mol. The Morgan fingerprint density at radius 2 is 1.16 bits per heavy atom. The lowest BCUT2D eigenvalue weighted by Gasteiger charge is -2.37. The largest absolute Gasteiger partial charge is 0.516 e. The van der Waals surface area contributed by atoms with Crippen LogP contribution in [0.15, 0.2) is 24.3 Å². The summed E-state index contributed by atoms with van der Waals surface area (Å²) in [5.41, 5.74) is 0. The molecule has 2 aliphatic carbocycles. The second-order valence-electron chi connectivity index (χ2n) is 13.9. The molecule has 0 radical (unpaired) electrons. The quantitative estimate of drug-likeness (QED) is 0.0646. The summed E-state index contributed by atoms with van der Waals surface area (Å²) in [4.78, 5) is 12.4. The third-order valence-electron chi connectivity index (χ3n) is 10.5. The summed E-state index contributed by atoms with van der Waals surface area (Å²) in [6, 6.07) is 7.22. The Labute approximate surface area is 263 Å². The second-order valence-corrected chi connectivity index (χ2v) is 13.9. The molecule has 0 spiro atoms. The minimum absolute atomic E-state index is 0.0454. The zero-order valence-corrected chi connectivity index (χ0v) is 27.6. The summed E-state index contributed by atoms with van der Waals surface area (Å²) in [6.45, 7) is 5.27. The SMILES string of the molecule is CCCCCCCCCCOc1ccc(OC(=O)O[C@H]2O[C@H]2C2CCC([C@H]3CC[C@H](CCCCCCC)CC3)CC2)cc1. The van der Waals surface area contributed by atoms with E-state index in [1.54, 1.807) is 12.1 Å². The maximum atomic E-state index is 12.4. The van der Waals surface area contributed by atoms with Crippen molar-refractivity contribution >= 4 is 6.16 Å². The summed E-state index contributed by atoms with van der Waals surface area (Å²) >= 11 is 0. The first kappa shape index (κ1) is 34.1. The molecule has 0 amide bonds. The van der Waals surface area contributed by atoms with Gasteiger partial charge >= 0.3 is 6.16 Å². The molecular formula is C38H62O5. The molecule has 43 heavy (non-hydrogen) atoms. The zero-order chi connectivity index (χ0) is 30.1. The number of rotatable bonds is 20. The Hall–Kier alpha value is -1.75. The van der Waals surface area contributed by atoms with E-state index in [1.807, 2.05) is 12.1 Å². The number of carbonyl (C=O) groups excluding carboxylic acids is 1. The molecule has 5 nitrogen and oxygen atoms in total. The predicted octanol–water partition coefficient (Wildman–Crippen LogP) is 11.4. The monoisotopic (exact) mass is 598 g/mol. The molecule has 0 aromatic heterocycles. The van der Waals surface area contributed by atoms with Gasteiger partial charge in [-0.05, 0) is 92.9 Å². The van der Waals surface area contributed by atoms with Gasteiger partial charge in [-0.15, -0.1) is 0 Å². The summed E-state index contributed by atoms with van der Waals surface area (Å²) < 4.78 is 22.5. The van der Waals surface area contributed by atoms with Crippen LogP contribution in [-0.2, 0) is 9.47 Å². The second kappa shape index (κ2) is 19.6. The lowest BCUT2D eigenvalue weighted by Crippen LogP contribution is -2.28. The molecule has 1 aromatic rings. The third kappa shape index (κ3) is 12.6. The number of ether oxygens (including phenoxy) is 4. The summed E-state index contributed by atoms with van der Waals surface area (Å²) in [5.74, 6) is 4.58. The lowest BCUT2D eigenvalue weighted by atomic mass is 9.68. The smallest absolute Gasteiger partial charge is 0.494 e. The van der Waals surface area contributed by atoms with Crippen molar-refractivity contribution in [2.24, 2.45) is 23.7 Å². The highest BCUT2D eigenvalue weighted by molar-refractivity contribution is 5.64. The first-order valence-corrected chi connectivity index (χ1v) is 18.4. The maximum Gasteiger partial charge on any atom is 0.516 e. The van der Waals surface area contributed by atoms with Crippen molar-refractivity contribution < 1.29 is 23.7 Å². The van der Waals surface area contributed by atoms with Crippen LogP contribution in [0.2, 0.25) is 0 Å². The molecule has 244 valence electrons. The van der Waals surface area contributed by atoms with Crippen LogP contribution >= 0.6 is 0 Å². The zero-order valence-electron chi connectivity index (χ0n) is 27.6. The van der Waals surface area contributed by atoms with Crippen molar-refractivity contribution in [3.63, 3.8) is 0 Å². The molecule has 1 aromatic carbocycles. The summed E-state index contributed by atoms with van der Waals surface area (Å²) in [6.07, 6.45) is 28.5. The number of carbonyl (C=O) groups is 1. The van der Waals surface area contributed by atoms with Gasteiger partial charge in [0.2, 0.25) is 6.29 Å². The van der Waals surface area contributed by atoms with Crippen LogP contribution in [0.25, 0.3) is 0 Å². The van der Waals surface area contributed by atoms with Crippen molar-refractivity contribution in [3.05, 3.63) is 24.3 Å². The molecule has 1 heterocycles. The molecule has 0 bridgehead atoms. The van der Waals surface area contributed by atoms with Gasteiger partial charge in [0.05, 0.1) is 6.61 Å². The number of hydrogen-bond donors (Lipinski definition) is 0. The maximum absolute atomic E-state index is 12.4. The number of benzene rings is 1. The minimum atomic E-state index is -0.684. The Kier molecular flexibility index (Phi) is 15.6. The first-order valence-electron chi connectivity index (χ1n) is 18.4. The van der Waals surface area contributed by atoms with E-state index in [1.165, 1.54) is 135 Å². The van der Waals surface area contributed by atoms with Crippen molar-refractivity contribution in [2.45, 2.75) is 167 Å². The fourth-order valence-electron chi connectivity index (χ4n) is 7.71. The van der Waals surface area contributed by atoms with E-state index in [4.69, 9.17) is 18.9 Å². The molecule has 0 unspecified atom stereocenters. The Morgan fingerprint density at radius 1 is 0.651 bits per heavy atom. The van der Waals surface area contributed by atoms with E-state index in [0.29, 0.717) is 11.7 Å². The van der Waals surface area contributed by atoms with Gasteiger partial charge in [0.1, 0.15) is 17.6 Å². The van der Waals surface area contributed by atoms with Gasteiger partial charge in [-0.3, -0.25) is 0 Å². The van der Waals surface area contributed by atoms with E-state index in [2.05, 4.69) is 13.8 Å². The lowest BCUT2D eigenvalue weighted by molar-refractivity contribution is 0.0561. The molecule has 2 atom stereocenters. The van der Waals surface area contributed by atoms with E-state index >= 15 is 0 Å². The molecule has 1 aliphatic heterocycles.